The number of hydrogen-bond acceptors (Lipinski definition) is 12. The molecule has 0 radical (unpaired) electrons. The first-order chi connectivity index (χ1) is 46.5. The Kier molecular flexibility index (Phi) is 27.5. The number of rotatable bonds is 9. The molecule has 0 bridgehead atoms. The number of carbonyl (C=O) groups excluding carboxylic acids is 12. The number of fused-ring (bicyclic) bond motifs is 2. The van der Waals surface area contributed by atoms with Gasteiger partial charge in [0.25, 0.3) is 0 Å². The smallest absolute Gasteiger partial charge is 0.343 e. The van der Waals surface area contributed by atoms with Gasteiger partial charge in [-0.15, -0.1) is 11.6 Å². The average molecular weight is 1420 g/mol. The van der Waals surface area contributed by atoms with Crippen LogP contribution < -0.4 is 16.0 Å². The predicted octanol–water partition coefficient (Wildman–Crippen LogP) is 5.40. The molecule has 558 valence electrons. The fourth-order valence-corrected chi connectivity index (χ4v) is 16.4. The van der Waals surface area contributed by atoms with Gasteiger partial charge in [0.1, 0.15) is 72.1 Å². The maximum absolute atomic E-state index is 15.4. The number of nitrogens with zero attached hydrogens (tertiary/aromatic N) is 9. The Hall–Kier alpha value is -6.35. The highest BCUT2D eigenvalue weighted by Gasteiger charge is 2.53. The maximum Gasteiger partial charge on any atom is 0.393 e. The maximum atomic E-state index is 15.4. The number of likely N-dealkylation sites (tertiary alicyclic amines) is 1. The standard InChI is InChI=1S/C70H111ClF4N12O12/c1-14-41(4)56-66(97)81(10)44(7)61(92)87-36-30-52(87)63(94)82(11)53(38-46-22-26-47(72)27-23-46)64(95)80(9)43(6)58(89)76-50(29-25-45-24-28-48(49(71)37-45)70(73,74)75)62(93)86-35-20-21-51(86)60(91)78-69(31-16-17-32-69)68(99)84(13)57(40(2)3)67(98)83(12)54(65(96)85-33-18-15-19-34-85)39-55(88)79(8)42(5)59(90)77-56/h40-54,56-57H,14-39H2,1-13H3,(H,76,89)(H,77,90)(H,78,91)/t41-,42-,43+,44-,45?,46?,47?,48?,49?,50-,51-,52-,53-,54-,56-,57-/m0/s1. The van der Waals surface area contributed by atoms with E-state index in [9.17, 15) is 51.1 Å². The second-order valence-corrected chi connectivity index (χ2v) is 30.6. The Balaban J connectivity index is 1.27. The quantitative estimate of drug-likeness (QED) is 0.194. The van der Waals surface area contributed by atoms with E-state index in [1.165, 1.54) is 92.5 Å². The van der Waals surface area contributed by atoms with Crippen LogP contribution in [0.3, 0.4) is 0 Å². The summed E-state index contributed by atoms with van der Waals surface area (Å²) in [4.78, 5) is 190. The molecule has 12 amide bonds. The SMILES string of the molecule is CC[C@H](C)[C@@H]1NC(=O)[C@H](C)N(C)C(=O)C[C@@H](C(=O)N2CCCCC2)N(C)C(=O)[C@H](C(C)C)N(C)C(=O)C2(CCCC2)NC(=O)[C@@H]2CCCN2C(=O)[C@H](CCC2CCC(C(F)(F)F)C(Cl)C2)NC(=O)[C@@H](C)N(C)C(=O)[C@H](CC2CCC(F)CC2)N(C)C(=O)[C@@H]2CCN2C(=O)[C@H](C)N(C)C1=O. The molecule has 4 aliphatic heterocycles. The first-order valence-electron chi connectivity index (χ1n) is 36.2. The van der Waals surface area contributed by atoms with Gasteiger partial charge in [-0.25, -0.2) is 4.39 Å². The lowest BCUT2D eigenvalue weighted by Gasteiger charge is -2.45. The van der Waals surface area contributed by atoms with E-state index in [2.05, 4.69) is 16.0 Å². The Bertz CT molecular complexity index is 2950. The summed E-state index contributed by atoms with van der Waals surface area (Å²) in [5.41, 5.74) is -1.58. The number of hydrogen-bond donors (Lipinski definition) is 3. The van der Waals surface area contributed by atoms with E-state index in [0.717, 1.165) is 16.2 Å². The minimum absolute atomic E-state index is 0.0240. The third-order valence-electron chi connectivity index (χ3n) is 23.4. The van der Waals surface area contributed by atoms with E-state index >= 15 is 24.0 Å². The summed E-state index contributed by atoms with van der Waals surface area (Å²) in [6, 6.07) is -12.6. The molecule has 4 saturated heterocycles. The van der Waals surface area contributed by atoms with Crippen molar-refractivity contribution < 1.29 is 75.1 Å². The highest BCUT2D eigenvalue weighted by atomic mass is 35.5. The van der Waals surface area contributed by atoms with Crippen LogP contribution in [0.25, 0.3) is 0 Å². The van der Waals surface area contributed by atoms with Crippen LogP contribution in [0.2, 0.25) is 0 Å². The van der Waals surface area contributed by atoms with Crippen LogP contribution in [0.15, 0.2) is 0 Å². The molecule has 1 spiro atoms. The summed E-state index contributed by atoms with van der Waals surface area (Å²) >= 11 is 6.40. The highest BCUT2D eigenvalue weighted by molar-refractivity contribution is 6.21. The Morgan fingerprint density at radius 2 is 1.16 bits per heavy atom. The molecule has 24 nitrogen and oxygen atoms in total. The molecule has 0 aromatic heterocycles. The molecule has 3 unspecified atom stereocenters. The van der Waals surface area contributed by atoms with Gasteiger partial charge in [-0.3, -0.25) is 57.5 Å². The van der Waals surface area contributed by atoms with E-state index in [0.29, 0.717) is 64.5 Å². The monoisotopic (exact) mass is 1420 g/mol. The van der Waals surface area contributed by atoms with Gasteiger partial charge >= 0.3 is 6.18 Å². The fraction of sp³-hybridized carbons (Fsp3) is 0.829. The number of nitrogens with one attached hydrogen (secondary N) is 3. The van der Waals surface area contributed by atoms with Crippen molar-refractivity contribution in [2.45, 2.75) is 273 Å². The lowest BCUT2D eigenvalue weighted by atomic mass is 9.78. The molecule has 3 N–H and O–H groups in total. The van der Waals surface area contributed by atoms with E-state index in [-0.39, 0.29) is 102 Å². The number of alkyl halides is 5. The molecule has 3 aliphatic carbocycles. The molecule has 7 fully saturated rings. The molecule has 0 aromatic rings. The average Bonchev–Trinajstić information content (AvgIpc) is 1.77. The van der Waals surface area contributed by atoms with Gasteiger partial charge in [0.2, 0.25) is 70.9 Å². The van der Waals surface area contributed by atoms with Crippen molar-refractivity contribution in [2.75, 3.05) is 68.5 Å². The molecular weight excluding hydrogens is 1310 g/mol. The van der Waals surface area contributed by atoms with Crippen LogP contribution in [0.1, 0.15) is 190 Å². The predicted molar refractivity (Wildman–Crippen MR) is 361 cm³/mol. The summed E-state index contributed by atoms with van der Waals surface area (Å²) in [5.74, 6) is -11.4. The molecule has 3 saturated carbocycles. The summed E-state index contributed by atoms with van der Waals surface area (Å²) in [5, 5.41) is 7.45. The molecule has 0 aromatic carbocycles. The van der Waals surface area contributed by atoms with Crippen molar-refractivity contribution in [1.29, 1.82) is 0 Å². The van der Waals surface area contributed by atoms with Crippen LogP contribution in [-0.4, -0.2) is 267 Å². The second-order valence-electron chi connectivity index (χ2n) is 30.1. The molecule has 99 heavy (non-hydrogen) atoms. The summed E-state index contributed by atoms with van der Waals surface area (Å²) < 4.78 is 56.7. The summed E-state index contributed by atoms with van der Waals surface area (Å²) in [6.45, 7) is 12.3. The van der Waals surface area contributed by atoms with E-state index in [4.69, 9.17) is 11.6 Å². The Morgan fingerprint density at radius 1 is 0.576 bits per heavy atom. The topological polar surface area (TPSA) is 270 Å². The Labute approximate surface area is 586 Å². The van der Waals surface area contributed by atoms with Crippen LogP contribution in [0.5, 0.6) is 0 Å². The number of halogens is 5. The van der Waals surface area contributed by atoms with Crippen LogP contribution >= 0.6 is 11.6 Å². The van der Waals surface area contributed by atoms with Gasteiger partial charge in [0.15, 0.2) is 0 Å². The van der Waals surface area contributed by atoms with Crippen molar-refractivity contribution in [2.24, 2.45) is 29.6 Å². The second kappa shape index (κ2) is 34.1. The van der Waals surface area contributed by atoms with Crippen molar-refractivity contribution in [3.63, 3.8) is 0 Å². The zero-order valence-electron chi connectivity index (χ0n) is 60.5. The lowest BCUT2D eigenvalue weighted by molar-refractivity contribution is -0.182. The highest BCUT2D eigenvalue weighted by Crippen LogP contribution is 2.44. The third-order valence-corrected chi connectivity index (χ3v) is 23.8. The number of likely N-dealkylation sites (N-methyl/N-ethyl adjacent to an activating group) is 6. The van der Waals surface area contributed by atoms with E-state index < -0.39 is 179 Å². The van der Waals surface area contributed by atoms with Crippen LogP contribution in [0.4, 0.5) is 17.6 Å². The van der Waals surface area contributed by atoms with Gasteiger partial charge in [-0.2, -0.15) is 13.2 Å². The number of piperidine rings is 1. The van der Waals surface area contributed by atoms with Gasteiger partial charge in [-0.05, 0) is 160 Å². The van der Waals surface area contributed by atoms with Gasteiger partial charge in [-0.1, -0.05) is 47.0 Å². The zero-order chi connectivity index (χ0) is 73.4. The van der Waals surface area contributed by atoms with Crippen molar-refractivity contribution in [3.05, 3.63) is 0 Å². The van der Waals surface area contributed by atoms with Crippen molar-refractivity contribution >= 4 is 82.5 Å². The summed E-state index contributed by atoms with van der Waals surface area (Å²) in [7, 11) is 8.40. The van der Waals surface area contributed by atoms with Gasteiger partial charge in [0.05, 0.1) is 12.3 Å². The fourth-order valence-electron chi connectivity index (χ4n) is 15.9. The zero-order valence-corrected chi connectivity index (χ0v) is 61.3. The Morgan fingerprint density at radius 3 is 1.74 bits per heavy atom. The lowest BCUT2D eigenvalue weighted by Crippen LogP contribution is -2.65. The molecule has 7 aliphatic rings. The molecular formula is C70H111ClF4N12O12. The van der Waals surface area contributed by atoms with Gasteiger partial charge < -0.3 is 60.0 Å². The van der Waals surface area contributed by atoms with Crippen molar-refractivity contribution in [3.8, 4) is 0 Å². The number of carbonyl (C=O) groups is 12. The van der Waals surface area contributed by atoms with Crippen LogP contribution in [0, 0.1) is 29.6 Å². The molecule has 4 heterocycles. The van der Waals surface area contributed by atoms with Crippen LogP contribution in [-0.2, 0) is 57.5 Å². The first-order valence-corrected chi connectivity index (χ1v) is 36.7. The number of amides is 12. The molecule has 14 atom stereocenters. The normalized spacial score (nSPS) is 33.2. The van der Waals surface area contributed by atoms with Crippen molar-refractivity contribution in [1.82, 2.24) is 60.0 Å². The minimum Gasteiger partial charge on any atom is -0.343 e. The first kappa shape index (κ1) is 80.0. The van der Waals surface area contributed by atoms with Gasteiger partial charge in [0, 0.05) is 73.8 Å². The summed E-state index contributed by atoms with van der Waals surface area (Å²) in [6.07, 6.45) is -0.330. The third kappa shape index (κ3) is 18.3. The minimum atomic E-state index is -4.53. The largest absolute Gasteiger partial charge is 0.393 e. The molecule has 29 heteroatoms. The van der Waals surface area contributed by atoms with E-state index in [1.54, 1.807) is 25.7 Å². The molecule has 7 rings (SSSR count). The van der Waals surface area contributed by atoms with E-state index in [1.807, 2.05) is 6.92 Å².